The van der Waals surface area contributed by atoms with Crippen LogP contribution in [-0.2, 0) is 6.54 Å². The molecule has 4 heteroatoms. The van der Waals surface area contributed by atoms with Gasteiger partial charge in [-0.25, -0.2) is 0 Å². The van der Waals surface area contributed by atoms with Crippen LogP contribution < -0.4 is 4.74 Å². The quantitative estimate of drug-likeness (QED) is 0.650. The van der Waals surface area contributed by atoms with Crippen molar-refractivity contribution in [2.24, 2.45) is 0 Å². The molecule has 1 N–H and O–H groups in total. The summed E-state index contributed by atoms with van der Waals surface area (Å²) in [6.45, 7) is 4.56. The van der Waals surface area contributed by atoms with Crippen molar-refractivity contribution in [1.82, 2.24) is 9.55 Å². The molecular weight excluding hydrogens is 220 g/mol. The lowest BCUT2D eigenvalue weighted by Crippen LogP contribution is -1.96. The minimum Gasteiger partial charge on any atom is -0.494 e. The van der Waals surface area contributed by atoms with Gasteiger partial charge in [0.15, 0.2) is 4.77 Å². The van der Waals surface area contributed by atoms with Gasteiger partial charge in [0.1, 0.15) is 11.3 Å². The lowest BCUT2D eigenvalue weighted by Gasteiger charge is -2.03. The zero-order valence-electron chi connectivity index (χ0n) is 9.19. The fourth-order valence-electron chi connectivity index (χ4n) is 1.77. The third kappa shape index (κ3) is 1.76. The summed E-state index contributed by atoms with van der Waals surface area (Å²) < 4.78 is 8.08. The summed E-state index contributed by atoms with van der Waals surface area (Å²) in [5.41, 5.74) is 2.03. The van der Waals surface area contributed by atoms with Gasteiger partial charge < -0.3 is 14.3 Å². The van der Waals surface area contributed by atoms with E-state index in [-0.39, 0.29) is 0 Å². The van der Waals surface area contributed by atoms with E-state index in [9.17, 15) is 0 Å². The zero-order valence-corrected chi connectivity index (χ0v) is 10.0. The predicted molar refractivity (Wildman–Crippen MR) is 68.5 cm³/mol. The first-order valence-electron chi connectivity index (χ1n) is 5.14. The van der Waals surface area contributed by atoms with E-state index in [1.54, 1.807) is 7.11 Å². The van der Waals surface area contributed by atoms with E-state index in [0.717, 1.165) is 34.5 Å². The summed E-state index contributed by atoms with van der Waals surface area (Å²) in [6.07, 6.45) is 2.79. The molecule has 0 spiro atoms. The average molecular weight is 234 g/mol. The Balaban J connectivity index is 2.61. The van der Waals surface area contributed by atoms with E-state index in [2.05, 4.69) is 16.1 Å². The number of aromatic nitrogens is 2. The first kappa shape index (κ1) is 11.0. The normalized spacial score (nSPS) is 10.6. The topological polar surface area (TPSA) is 29.9 Å². The largest absolute Gasteiger partial charge is 0.494 e. The molecule has 16 heavy (non-hydrogen) atoms. The van der Waals surface area contributed by atoms with Gasteiger partial charge in [-0.3, -0.25) is 0 Å². The van der Waals surface area contributed by atoms with Crippen LogP contribution in [0.25, 0.3) is 11.0 Å². The van der Waals surface area contributed by atoms with Crippen LogP contribution in [0.15, 0.2) is 30.9 Å². The standard InChI is InChI=1S/C12H14N2OS/c1-3-4-8-14-9-6-5-7-10(15-2)11(9)13-12(14)16/h3,5-7H,1,4,8H2,2H3,(H,13,16). The van der Waals surface area contributed by atoms with Crippen LogP contribution in [0.4, 0.5) is 0 Å². The third-order valence-corrected chi connectivity index (χ3v) is 2.87. The summed E-state index contributed by atoms with van der Waals surface area (Å²) in [6, 6.07) is 5.92. The van der Waals surface area contributed by atoms with Crippen LogP contribution in [0.5, 0.6) is 5.75 Å². The van der Waals surface area contributed by atoms with Crippen LogP contribution in [0, 0.1) is 4.77 Å². The monoisotopic (exact) mass is 234 g/mol. The summed E-state index contributed by atoms with van der Waals surface area (Å²) in [5.74, 6) is 0.820. The second-order valence-electron chi connectivity index (χ2n) is 3.51. The van der Waals surface area contributed by atoms with Gasteiger partial charge in [0, 0.05) is 6.54 Å². The molecule has 0 saturated carbocycles. The predicted octanol–water partition coefficient (Wildman–Crippen LogP) is 3.28. The Morgan fingerprint density at radius 3 is 3.06 bits per heavy atom. The van der Waals surface area contributed by atoms with E-state index in [1.165, 1.54) is 0 Å². The number of aromatic amines is 1. The number of nitrogens with one attached hydrogen (secondary N) is 1. The molecule has 84 valence electrons. The number of benzene rings is 1. The number of imidazole rings is 1. The van der Waals surface area contributed by atoms with E-state index in [0.29, 0.717) is 0 Å². The molecule has 3 nitrogen and oxygen atoms in total. The van der Waals surface area contributed by atoms with Crippen LogP contribution in [-0.4, -0.2) is 16.7 Å². The van der Waals surface area contributed by atoms with Crippen LogP contribution >= 0.6 is 12.2 Å². The maximum absolute atomic E-state index is 5.29. The Hall–Kier alpha value is -1.55. The number of methoxy groups -OCH3 is 1. The summed E-state index contributed by atoms with van der Waals surface area (Å²) in [4.78, 5) is 3.17. The summed E-state index contributed by atoms with van der Waals surface area (Å²) in [7, 11) is 1.66. The molecule has 2 rings (SSSR count). The maximum Gasteiger partial charge on any atom is 0.178 e. The molecule has 1 heterocycles. The van der Waals surface area contributed by atoms with E-state index in [4.69, 9.17) is 17.0 Å². The van der Waals surface area contributed by atoms with E-state index < -0.39 is 0 Å². The lowest BCUT2D eigenvalue weighted by atomic mass is 10.3. The highest BCUT2D eigenvalue weighted by atomic mass is 32.1. The van der Waals surface area contributed by atoms with Crippen molar-refractivity contribution in [3.8, 4) is 5.75 Å². The highest BCUT2D eigenvalue weighted by Gasteiger charge is 2.07. The molecule has 0 saturated heterocycles. The Morgan fingerprint density at radius 1 is 1.56 bits per heavy atom. The maximum atomic E-state index is 5.29. The van der Waals surface area contributed by atoms with Gasteiger partial charge in [-0.05, 0) is 30.8 Å². The van der Waals surface area contributed by atoms with E-state index in [1.807, 2.05) is 24.3 Å². The number of para-hydroxylation sites is 1. The molecule has 0 aliphatic rings. The number of fused-ring (bicyclic) bond motifs is 1. The SMILES string of the molecule is C=CCCn1c(=S)[nH]c2c(OC)cccc21. The zero-order chi connectivity index (χ0) is 11.5. The molecule has 0 radical (unpaired) electrons. The van der Waals surface area contributed by atoms with Crippen molar-refractivity contribution in [2.75, 3.05) is 7.11 Å². The molecule has 0 bridgehead atoms. The minimum absolute atomic E-state index is 0.723. The Kier molecular flexibility index (Phi) is 3.10. The molecule has 1 aromatic heterocycles. The minimum atomic E-state index is 0.723. The molecular formula is C12H14N2OS. The van der Waals surface area contributed by atoms with Crippen LogP contribution in [0.2, 0.25) is 0 Å². The number of ether oxygens (including phenoxy) is 1. The highest BCUT2D eigenvalue weighted by Crippen LogP contribution is 2.24. The van der Waals surface area contributed by atoms with Gasteiger partial charge >= 0.3 is 0 Å². The van der Waals surface area contributed by atoms with Gasteiger partial charge in [-0.15, -0.1) is 6.58 Å². The van der Waals surface area contributed by atoms with Crippen molar-refractivity contribution >= 4 is 23.3 Å². The van der Waals surface area contributed by atoms with Gasteiger partial charge in [0.2, 0.25) is 0 Å². The molecule has 2 aromatic rings. The Morgan fingerprint density at radius 2 is 2.38 bits per heavy atom. The number of H-pyrrole nitrogens is 1. The van der Waals surface area contributed by atoms with Crippen molar-refractivity contribution in [1.29, 1.82) is 0 Å². The van der Waals surface area contributed by atoms with Gasteiger partial charge in [-0.2, -0.15) is 0 Å². The van der Waals surface area contributed by atoms with Crippen molar-refractivity contribution in [2.45, 2.75) is 13.0 Å². The lowest BCUT2D eigenvalue weighted by molar-refractivity contribution is 0.419. The summed E-state index contributed by atoms with van der Waals surface area (Å²) >= 11 is 5.29. The fraction of sp³-hybridized carbons (Fsp3) is 0.250. The molecule has 0 unspecified atom stereocenters. The first-order valence-corrected chi connectivity index (χ1v) is 5.55. The number of allylic oxidation sites excluding steroid dienone is 1. The molecule has 0 fully saturated rings. The number of hydrogen-bond donors (Lipinski definition) is 1. The molecule has 1 aromatic carbocycles. The number of aryl methyl sites for hydroxylation is 1. The van der Waals surface area contributed by atoms with E-state index >= 15 is 0 Å². The smallest absolute Gasteiger partial charge is 0.178 e. The second kappa shape index (κ2) is 4.53. The fourth-order valence-corrected chi connectivity index (χ4v) is 2.06. The molecule has 0 atom stereocenters. The number of rotatable bonds is 4. The number of nitrogens with zero attached hydrogens (tertiary/aromatic N) is 1. The first-order chi connectivity index (χ1) is 7.77. The number of hydrogen-bond acceptors (Lipinski definition) is 2. The van der Waals surface area contributed by atoms with Crippen molar-refractivity contribution in [3.05, 3.63) is 35.6 Å². The Labute approximate surface area is 99.4 Å². The van der Waals surface area contributed by atoms with Crippen molar-refractivity contribution in [3.63, 3.8) is 0 Å². The highest BCUT2D eigenvalue weighted by molar-refractivity contribution is 7.71. The van der Waals surface area contributed by atoms with Crippen LogP contribution in [0.1, 0.15) is 6.42 Å². The summed E-state index contributed by atoms with van der Waals surface area (Å²) in [5, 5.41) is 0. The van der Waals surface area contributed by atoms with Crippen molar-refractivity contribution < 1.29 is 4.74 Å². The molecule has 0 aliphatic carbocycles. The average Bonchev–Trinajstić information content (AvgIpc) is 2.62. The second-order valence-corrected chi connectivity index (χ2v) is 3.90. The van der Waals surface area contributed by atoms with Gasteiger partial charge in [0.05, 0.1) is 12.6 Å². The van der Waals surface area contributed by atoms with Gasteiger partial charge in [-0.1, -0.05) is 12.1 Å². The van der Waals surface area contributed by atoms with Crippen LogP contribution in [0.3, 0.4) is 0 Å². The molecule has 0 aliphatic heterocycles. The van der Waals surface area contributed by atoms with Gasteiger partial charge in [0.25, 0.3) is 0 Å². The third-order valence-electron chi connectivity index (χ3n) is 2.55. The Bertz CT molecular complexity index is 568. The molecule has 0 amide bonds.